The summed E-state index contributed by atoms with van der Waals surface area (Å²) in [6.45, 7) is 4.33. The van der Waals surface area contributed by atoms with Gasteiger partial charge in [-0.2, -0.15) is 0 Å². The number of piperidine rings is 1. The molecule has 0 bridgehead atoms. The van der Waals surface area contributed by atoms with Gasteiger partial charge in [0.15, 0.2) is 11.5 Å². The molecule has 3 aromatic rings. The predicted molar refractivity (Wildman–Crippen MR) is 134 cm³/mol. The van der Waals surface area contributed by atoms with Crippen molar-refractivity contribution >= 4 is 11.7 Å². The fourth-order valence-corrected chi connectivity index (χ4v) is 5.29. The van der Waals surface area contributed by atoms with Gasteiger partial charge in [0.25, 0.3) is 5.91 Å². The number of carbonyl (C=O) groups excluding carboxylic acids is 2. The van der Waals surface area contributed by atoms with Crippen LogP contribution in [0.5, 0.6) is 5.75 Å². The SMILES string of the molecule is CC1CCN(C(CN2C(=O)C(O)=C(C(=O)c3ccco3)C2c2cccc(O)c2)c2ccccc2)CC1. The molecule has 5 rings (SSSR count). The third-order valence-corrected chi connectivity index (χ3v) is 7.29. The number of likely N-dealkylation sites (tertiary alicyclic amines) is 1. The molecule has 0 aliphatic carbocycles. The molecule has 2 aliphatic heterocycles. The first-order chi connectivity index (χ1) is 17.4. The summed E-state index contributed by atoms with van der Waals surface area (Å²) in [5.74, 6) is -1.03. The van der Waals surface area contributed by atoms with E-state index in [0.29, 0.717) is 11.5 Å². The maximum Gasteiger partial charge on any atom is 0.290 e. The van der Waals surface area contributed by atoms with Crippen LogP contribution in [0.2, 0.25) is 0 Å². The van der Waals surface area contributed by atoms with Crippen LogP contribution in [0.4, 0.5) is 0 Å². The number of hydrogen-bond donors (Lipinski definition) is 2. The first kappa shape index (κ1) is 23.9. The quantitative estimate of drug-likeness (QED) is 0.455. The van der Waals surface area contributed by atoms with Crippen molar-refractivity contribution in [2.45, 2.75) is 31.8 Å². The lowest BCUT2D eigenvalue weighted by atomic mass is 9.93. The summed E-state index contributed by atoms with van der Waals surface area (Å²) in [4.78, 5) is 30.9. The van der Waals surface area contributed by atoms with Crippen molar-refractivity contribution in [2.24, 2.45) is 5.92 Å². The van der Waals surface area contributed by atoms with Crippen LogP contribution < -0.4 is 0 Å². The normalized spacial score (nSPS) is 20.2. The van der Waals surface area contributed by atoms with E-state index < -0.39 is 23.5 Å². The summed E-state index contributed by atoms with van der Waals surface area (Å²) in [5, 5.41) is 21.2. The molecule has 1 saturated heterocycles. The van der Waals surface area contributed by atoms with Crippen molar-refractivity contribution in [1.82, 2.24) is 9.80 Å². The van der Waals surface area contributed by atoms with Gasteiger partial charge in [0.1, 0.15) is 5.75 Å². The zero-order valence-electron chi connectivity index (χ0n) is 20.2. The standard InChI is InChI=1S/C29H30N2O5/c1-19-12-14-30(15-13-19)23(20-7-3-2-4-8-20)18-31-26(21-9-5-10-22(32)17-21)25(28(34)29(31)35)27(33)24-11-6-16-36-24/h2-11,16-17,19,23,26,32,34H,12-15,18H2,1H3. The van der Waals surface area contributed by atoms with Crippen LogP contribution >= 0.6 is 0 Å². The van der Waals surface area contributed by atoms with Crippen molar-refractivity contribution in [3.63, 3.8) is 0 Å². The Bertz CT molecular complexity index is 1260. The summed E-state index contributed by atoms with van der Waals surface area (Å²) in [6, 6.07) is 18.6. The number of carbonyl (C=O) groups is 2. The number of phenols is 1. The van der Waals surface area contributed by atoms with Gasteiger partial charge in [-0.05, 0) is 67.2 Å². The Morgan fingerprint density at radius 2 is 1.78 bits per heavy atom. The summed E-state index contributed by atoms with van der Waals surface area (Å²) in [7, 11) is 0. The number of amides is 1. The molecule has 2 atom stereocenters. The van der Waals surface area contributed by atoms with Gasteiger partial charge in [0, 0.05) is 6.54 Å². The molecule has 0 saturated carbocycles. The average molecular weight is 487 g/mol. The highest BCUT2D eigenvalue weighted by Crippen LogP contribution is 2.41. The number of phenolic OH excluding ortho intramolecular Hbond substituents is 1. The van der Waals surface area contributed by atoms with Gasteiger partial charge in [0.2, 0.25) is 5.78 Å². The minimum atomic E-state index is -0.864. The molecule has 1 fully saturated rings. The second kappa shape index (κ2) is 10.0. The van der Waals surface area contributed by atoms with Crippen LogP contribution in [0.3, 0.4) is 0 Å². The third-order valence-electron chi connectivity index (χ3n) is 7.29. The molecule has 1 aromatic heterocycles. The highest BCUT2D eigenvalue weighted by Gasteiger charge is 2.46. The number of aliphatic hydroxyl groups is 1. The molecule has 0 radical (unpaired) electrons. The van der Waals surface area contributed by atoms with E-state index in [-0.39, 0.29) is 29.7 Å². The third kappa shape index (κ3) is 4.54. The number of aliphatic hydroxyl groups excluding tert-OH is 1. The molecular formula is C29H30N2O5. The maximum absolute atomic E-state index is 13.5. The molecular weight excluding hydrogens is 456 g/mol. The molecule has 2 N–H and O–H groups in total. The lowest BCUT2D eigenvalue weighted by Crippen LogP contribution is -2.43. The Morgan fingerprint density at radius 3 is 2.44 bits per heavy atom. The van der Waals surface area contributed by atoms with Crippen LogP contribution in [0.15, 0.2) is 88.7 Å². The fourth-order valence-electron chi connectivity index (χ4n) is 5.29. The van der Waals surface area contributed by atoms with Gasteiger partial charge in [-0.15, -0.1) is 0 Å². The van der Waals surface area contributed by atoms with E-state index in [0.717, 1.165) is 31.5 Å². The van der Waals surface area contributed by atoms with E-state index in [4.69, 9.17) is 4.42 Å². The molecule has 186 valence electrons. The lowest BCUT2D eigenvalue weighted by Gasteiger charge is -2.40. The van der Waals surface area contributed by atoms with Crippen LogP contribution in [0.25, 0.3) is 0 Å². The molecule has 3 heterocycles. The van der Waals surface area contributed by atoms with E-state index >= 15 is 0 Å². The maximum atomic E-state index is 13.5. The zero-order valence-corrected chi connectivity index (χ0v) is 20.2. The molecule has 1 amide bonds. The van der Waals surface area contributed by atoms with Crippen molar-refractivity contribution in [1.29, 1.82) is 0 Å². The first-order valence-corrected chi connectivity index (χ1v) is 12.3. The summed E-state index contributed by atoms with van der Waals surface area (Å²) in [5.41, 5.74) is 1.57. The Kier molecular flexibility index (Phi) is 6.65. The van der Waals surface area contributed by atoms with Gasteiger partial charge in [-0.25, -0.2) is 0 Å². The molecule has 2 aromatic carbocycles. The topological polar surface area (TPSA) is 94.2 Å². The van der Waals surface area contributed by atoms with Gasteiger partial charge in [0.05, 0.1) is 23.9 Å². The number of hydrogen-bond acceptors (Lipinski definition) is 6. The zero-order chi connectivity index (χ0) is 25.2. The predicted octanol–water partition coefficient (Wildman–Crippen LogP) is 5.04. The first-order valence-electron chi connectivity index (χ1n) is 12.3. The largest absolute Gasteiger partial charge is 0.508 e. The number of furan rings is 1. The Labute approximate surface area is 210 Å². The lowest BCUT2D eigenvalue weighted by molar-refractivity contribution is -0.130. The van der Waals surface area contributed by atoms with Crippen LogP contribution in [-0.4, -0.2) is 51.3 Å². The second-order valence-electron chi connectivity index (χ2n) is 9.67. The van der Waals surface area contributed by atoms with Gasteiger partial charge >= 0.3 is 0 Å². The highest BCUT2D eigenvalue weighted by atomic mass is 16.3. The van der Waals surface area contributed by atoms with Crippen LogP contribution in [0.1, 0.15) is 53.5 Å². The highest BCUT2D eigenvalue weighted by molar-refractivity contribution is 6.15. The van der Waals surface area contributed by atoms with Crippen molar-refractivity contribution in [3.05, 3.63) is 101 Å². The van der Waals surface area contributed by atoms with Crippen LogP contribution in [0, 0.1) is 5.92 Å². The fraction of sp³-hybridized carbons (Fsp3) is 0.310. The van der Waals surface area contributed by atoms with E-state index in [1.54, 1.807) is 23.1 Å². The van der Waals surface area contributed by atoms with Crippen molar-refractivity contribution < 1.29 is 24.2 Å². The molecule has 2 unspecified atom stereocenters. The van der Waals surface area contributed by atoms with E-state index in [1.807, 2.05) is 18.2 Å². The number of ketones is 1. The molecule has 36 heavy (non-hydrogen) atoms. The Balaban J connectivity index is 1.56. The molecule has 7 heteroatoms. The Morgan fingerprint density at radius 1 is 1.03 bits per heavy atom. The minimum Gasteiger partial charge on any atom is -0.508 e. The van der Waals surface area contributed by atoms with Crippen LogP contribution in [-0.2, 0) is 4.79 Å². The Hall–Kier alpha value is -3.84. The van der Waals surface area contributed by atoms with Gasteiger partial charge in [-0.3, -0.25) is 14.5 Å². The summed E-state index contributed by atoms with van der Waals surface area (Å²) < 4.78 is 5.31. The smallest absolute Gasteiger partial charge is 0.290 e. The number of rotatable bonds is 7. The average Bonchev–Trinajstić information content (AvgIpc) is 3.51. The number of nitrogens with zero attached hydrogens (tertiary/aromatic N) is 2. The van der Waals surface area contributed by atoms with Gasteiger partial charge in [-0.1, -0.05) is 49.4 Å². The van der Waals surface area contributed by atoms with E-state index in [1.165, 1.54) is 24.5 Å². The van der Waals surface area contributed by atoms with Crippen molar-refractivity contribution in [3.8, 4) is 5.75 Å². The van der Waals surface area contributed by atoms with Gasteiger partial charge < -0.3 is 19.5 Å². The van der Waals surface area contributed by atoms with E-state index in [2.05, 4.69) is 24.0 Å². The van der Waals surface area contributed by atoms with E-state index in [9.17, 15) is 19.8 Å². The monoisotopic (exact) mass is 486 g/mol. The molecule has 0 spiro atoms. The number of Topliss-reactive ketones (excluding diaryl/α,β-unsaturated/α-hetero) is 1. The number of aromatic hydroxyl groups is 1. The molecule has 7 nitrogen and oxygen atoms in total. The molecule has 2 aliphatic rings. The second-order valence-corrected chi connectivity index (χ2v) is 9.67. The summed E-state index contributed by atoms with van der Waals surface area (Å²) >= 11 is 0. The summed E-state index contributed by atoms with van der Waals surface area (Å²) in [6.07, 6.45) is 3.52. The number of benzene rings is 2. The van der Waals surface area contributed by atoms with Crippen molar-refractivity contribution in [2.75, 3.05) is 19.6 Å². The minimum absolute atomic E-state index is 0.0145.